The number of thiophene rings is 1. The van der Waals surface area contributed by atoms with E-state index in [2.05, 4.69) is 0 Å². The number of carbonyl (C=O) groups excluding carboxylic acids is 1. The monoisotopic (exact) mass is 412 g/mol. The first-order valence-electron chi connectivity index (χ1n) is 8.85. The van der Waals surface area contributed by atoms with Crippen molar-refractivity contribution in [1.82, 2.24) is 0 Å². The number of ether oxygens (including phenoxy) is 1. The van der Waals surface area contributed by atoms with Gasteiger partial charge < -0.3 is 9.84 Å². The number of allylic oxidation sites excluding steroid dienone is 1. The highest BCUT2D eigenvalue weighted by atomic mass is 35.5. The number of aryl methyl sites for hydroxylation is 1. The van der Waals surface area contributed by atoms with Crippen molar-refractivity contribution in [1.29, 1.82) is 0 Å². The fourth-order valence-electron chi connectivity index (χ4n) is 2.94. The Hall–Kier alpha value is -2.40. The van der Waals surface area contributed by atoms with Crippen LogP contribution in [0.15, 0.2) is 60.0 Å². The maximum absolute atomic E-state index is 12.0. The van der Waals surface area contributed by atoms with Crippen molar-refractivity contribution in [3.63, 3.8) is 0 Å². The van der Waals surface area contributed by atoms with Crippen molar-refractivity contribution in [3.05, 3.63) is 97.7 Å². The first-order valence-corrected chi connectivity index (χ1v) is 10.1. The van der Waals surface area contributed by atoms with Gasteiger partial charge in [0.2, 0.25) is 0 Å². The molecule has 0 fully saturated rings. The van der Waals surface area contributed by atoms with Gasteiger partial charge in [-0.05, 0) is 47.2 Å². The molecule has 28 heavy (non-hydrogen) atoms. The molecule has 3 rings (SSSR count). The minimum absolute atomic E-state index is 0.422. The Kier molecular flexibility index (Phi) is 6.68. The van der Waals surface area contributed by atoms with E-state index in [1.165, 1.54) is 7.11 Å². The van der Waals surface area contributed by atoms with Crippen LogP contribution in [0.2, 0.25) is 5.02 Å². The number of esters is 1. The third kappa shape index (κ3) is 4.71. The highest BCUT2D eigenvalue weighted by Crippen LogP contribution is 2.29. The number of carbonyl (C=O) groups is 1. The van der Waals surface area contributed by atoms with Crippen LogP contribution in [0.3, 0.4) is 0 Å². The van der Waals surface area contributed by atoms with Crippen LogP contribution >= 0.6 is 22.9 Å². The molecule has 0 aliphatic heterocycles. The molecule has 0 bridgehead atoms. The SMILES string of the molecule is COC(=O)c1cc(Cl)ccc1C=CCc1sccc1C(O)c1ccc(C)cc1. The summed E-state index contributed by atoms with van der Waals surface area (Å²) < 4.78 is 4.83. The summed E-state index contributed by atoms with van der Waals surface area (Å²) >= 11 is 7.60. The van der Waals surface area contributed by atoms with Crippen molar-refractivity contribution in [2.45, 2.75) is 19.4 Å². The zero-order valence-corrected chi connectivity index (χ0v) is 17.3. The van der Waals surface area contributed by atoms with Crippen molar-refractivity contribution >= 4 is 35.0 Å². The summed E-state index contributed by atoms with van der Waals surface area (Å²) in [6.45, 7) is 2.02. The Balaban J connectivity index is 1.79. The molecule has 1 heterocycles. The highest BCUT2D eigenvalue weighted by molar-refractivity contribution is 7.10. The molecule has 3 aromatic rings. The predicted octanol–water partition coefficient (Wildman–Crippen LogP) is 5.83. The summed E-state index contributed by atoms with van der Waals surface area (Å²) in [6.07, 6.45) is 3.85. The van der Waals surface area contributed by atoms with E-state index in [0.29, 0.717) is 17.0 Å². The smallest absolute Gasteiger partial charge is 0.338 e. The van der Waals surface area contributed by atoms with Gasteiger partial charge in [0.1, 0.15) is 6.10 Å². The Labute approximate surface area is 173 Å². The molecular weight excluding hydrogens is 392 g/mol. The minimum Gasteiger partial charge on any atom is -0.465 e. The maximum atomic E-state index is 12.0. The normalized spacial score (nSPS) is 12.3. The van der Waals surface area contributed by atoms with Gasteiger partial charge in [-0.2, -0.15) is 0 Å². The second-order valence-electron chi connectivity index (χ2n) is 6.44. The number of hydrogen-bond acceptors (Lipinski definition) is 4. The maximum Gasteiger partial charge on any atom is 0.338 e. The number of rotatable bonds is 6. The van der Waals surface area contributed by atoms with Gasteiger partial charge in [-0.15, -0.1) is 11.3 Å². The van der Waals surface area contributed by atoms with Crippen LogP contribution in [-0.2, 0) is 11.2 Å². The van der Waals surface area contributed by atoms with E-state index in [1.807, 2.05) is 54.8 Å². The van der Waals surface area contributed by atoms with E-state index in [9.17, 15) is 9.90 Å². The fraction of sp³-hybridized carbons (Fsp3) is 0.174. The van der Waals surface area contributed by atoms with Gasteiger partial charge in [0, 0.05) is 16.3 Å². The zero-order valence-electron chi connectivity index (χ0n) is 15.7. The summed E-state index contributed by atoms with van der Waals surface area (Å²) in [5.41, 5.74) is 4.11. The summed E-state index contributed by atoms with van der Waals surface area (Å²) in [6, 6.07) is 15.0. The Bertz CT molecular complexity index is 989. The van der Waals surface area contributed by atoms with Crippen molar-refractivity contribution < 1.29 is 14.6 Å². The number of benzene rings is 2. The van der Waals surface area contributed by atoms with E-state index >= 15 is 0 Å². The molecule has 5 heteroatoms. The minimum atomic E-state index is -0.656. The second kappa shape index (κ2) is 9.20. The molecule has 2 aromatic carbocycles. The van der Waals surface area contributed by atoms with Gasteiger partial charge >= 0.3 is 5.97 Å². The van der Waals surface area contributed by atoms with Crippen molar-refractivity contribution in [2.24, 2.45) is 0 Å². The van der Waals surface area contributed by atoms with Gasteiger partial charge in [0.15, 0.2) is 0 Å². The standard InChI is InChI=1S/C23H21ClO3S/c1-15-6-8-17(9-7-15)22(25)19-12-13-28-21(19)5-3-4-16-10-11-18(24)14-20(16)23(26)27-2/h3-4,6-14,22,25H,5H2,1-2H3. The van der Waals surface area contributed by atoms with Crippen LogP contribution in [0.25, 0.3) is 6.08 Å². The average molecular weight is 413 g/mol. The lowest BCUT2D eigenvalue weighted by molar-refractivity contribution is 0.0600. The molecule has 1 aromatic heterocycles. The first kappa shape index (κ1) is 20.3. The van der Waals surface area contributed by atoms with Crippen LogP contribution in [0.5, 0.6) is 0 Å². The lowest BCUT2D eigenvalue weighted by Crippen LogP contribution is -2.03. The number of methoxy groups -OCH3 is 1. The predicted molar refractivity (Wildman–Crippen MR) is 115 cm³/mol. The largest absolute Gasteiger partial charge is 0.465 e. The first-order chi connectivity index (χ1) is 13.5. The Morgan fingerprint density at radius 1 is 1.21 bits per heavy atom. The van der Waals surface area contributed by atoms with Gasteiger partial charge in [0.25, 0.3) is 0 Å². The Morgan fingerprint density at radius 2 is 1.96 bits per heavy atom. The topological polar surface area (TPSA) is 46.5 Å². The van der Waals surface area contributed by atoms with Gasteiger partial charge in [-0.25, -0.2) is 4.79 Å². The molecule has 0 aliphatic carbocycles. The lowest BCUT2D eigenvalue weighted by Gasteiger charge is -2.12. The van der Waals surface area contributed by atoms with Gasteiger partial charge in [-0.1, -0.05) is 59.6 Å². The molecule has 0 saturated heterocycles. The summed E-state index contributed by atoms with van der Waals surface area (Å²) in [4.78, 5) is 13.0. The van der Waals surface area contributed by atoms with Crippen LogP contribution < -0.4 is 0 Å². The number of aliphatic hydroxyl groups is 1. The van der Waals surface area contributed by atoms with E-state index in [1.54, 1.807) is 29.5 Å². The number of aliphatic hydroxyl groups excluding tert-OH is 1. The summed E-state index contributed by atoms with van der Waals surface area (Å²) in [5, 5.41) is 13.2. The molecule has 1 atom stereocenters. The molecule has 3 nitrogen and oxygen atoms in total. The van der Waals surface area contributed by atoms with Crippen LogP contribution in [0, 0.1) is 6.92 Å². The molecule has 0 radical (unpaired) electrons. The van der Waals surface area contributed by atoms with Crippen molar-refractivity contribution in [2.75, 3.05) is 7.11 Å². The van der Waals surface area contributed by atoms with E-state index < -0.39 is 12.1 Å². The van der Waals surface area contributed by atoms with Crippen LogP contribution in [0.1, 0.15) is 43.6 Å². The molecule has 0 aliphatic rings. The number of hydrogen-bond donors (Lipinski definition) is 1. The summed E-state index contributed by atoms with van der Waals surface area (Å²) in [5.74, 6) is -0.422. The molecular formula is C23H21ClO3S. The van der Waals surface area contributed by atoms with Gasteiger partial charge in [0.05, 0.1) is 12.7 Å². The zero-order chi connectivity index (χ0) is 20.1. The van der Waals surface area contributed by atoms with E-state index in [4.69, 9.17) is 16.3 Å². The summed E-state index contributed by atoms with van der Waals surface area (Å²) in [7, 11) is 1.35. The molecule has 1 unspecified atom stereocenters. The molecule has 144 valence electrons. The molecule has 0 saturated carbocycles. The van der Waals surface area contributed by atoms with Crippen LogP contribution in [0.4, 0.5) is 0 Å². The third-order valence-electron chi connectivity index (χ3n) is 4.49. The highest BCUT2D eigenvalue weighted by Gasteiger charge is 2.15. The van der Waals surface area contributed by atoms with Crippen LogP contribution in [-0.4, -0.2) is 18.2 Å². The van der Waals surface area contributed by atoms with E-state index in [0.717, 1.165) is 27.1 Å². The second-order valence-corrected chi connectivity index (χ2v) is 7.88. The molecule has 1 N–H and O–H groups in total. The number of halogens is 1. The average Bonchev–Trinajstić information content (AvgIpc) is 3.17. The molecule has 0 spiro atoms. The van der Waals surface area contributed by atoms with Crippen molar-refractivity contribution in [3.8, 4) is 0 Å². The van der Waals surface area contributed by atoms with E-state index in [-0.39, 0.29) is 0 Å². The fourth-order valence-corrected chi connectivity index (χ4v) is 4.00. The van der Waals surface area contributed by atoms with Gasteiger partial charge in [-0.3, -0.25) is 0 Å². The lowest BCUT2D eigenvalue weighted by atomic mass is 10.00. The third-order valence-corrected chi connectivity index (χ3v) is 5.68. The molecule has 0 amide bonds. The quantitative estimate of drug-likeness (QED) is 0.518. The Morgan fingerprint density at radius 3 is 2.68 bits per heavy atom.